The number of hydrogen-bond acceptors (Lipinski definition) is 3. The molecule has 25 heavy (non-hydrogen) atoms. The zero-order valence-corrected chi connectivity index (χ0v) is 17.4. The third-order valence-corrected chi connectivity index (χ3v) is 9.63. The topological polar surface area (TPSA) is 46.2 Å². The molecule has 0 aromatic carbocycles. The van der Waals surface area contributed by atoms with Gasteiger partial charge < -0.3 is 10.8 Å². The van der Waals surface area contributed by atoms with Crippen LogP contribution < -0.4 is 5.73 Å². The van der Waals surface area contributed by atoms with Gasteiger partial charge >= 0.3 is 0 Å². The van der Waals surface area contributed by atoms with Crippen LogP contribution >= 0.6 is 11.8 Å². The molecule has 0 bridgehead atoms. The molecule has 3 fully saturated rings. The van der Waals surface area contributed by atoms with Crippen LogP contribution in [0.2, 0.25) is 0 Å². The first-order chi connectivity index (χ1) is 12.1. The van der Waals surface area contributed by atoms with E-state index >= 15 is 0 Å². The number of rotatable bonds is 5. The van der Waals surface area contributed by atoms with Gasteiger partial charge in [-0.2, -0.15) is 11.8 Å². The predicted octanol–water partition coefficient (Wildman–Crippen LogP) is 5.37. The first-order valence-electron chi connectivity index (χ1n) is 11.2. The molecule has 2 aliphatic carbocycles. The Morgan fingerprint density at radius 1 is 1.08 bits per heavy atom. The summed E-state index contributed by atoms with van der Waals surface area (Å²) in [6, 6.07) is 0.366. The molecule has 0 radical (unpaired) electrons. The van der Waals surface area contributed by atoms with Crippen molar-refractivity contribution in [1.82, 2.24) is 0 Å². The number of hydrogen-bond donors (Lipinski definition) is 2. The standard InChI is InChI=1S/C22H41NOS/c1-3-5-13-22(4-2)15-25-19-12-11-17(23)14-18(19)20(21(22)24)16-9-7-6-8-10-16/h16-21,24H,3-15,23H2,1-2H3/t17?,18?,19?,20?,21?,22-/m1/s1. The minimum Gasteiger partial charge on any atom is -0.392 e. The number of unbranched alkanes of at least 4 members (excludes halogenated alkanes) is 1. The van der Waals surface area contributed by atoms with Gasteiger partial charge in [0.05, 0.1) is 6.10 Å². The van der Waals surface area contributed by atoms with Crippen LogP contribution in [0.25, 0.3) is 0 Å². The second-order valence-electron chi connectivity index (χ2n) is 9.33. The van der Waals surface area contributed by atoms with Gasteiger partial charge in [0, 0.05) is 22.5 Å². The number of fused-ring (bicyclic) bond motifs is 1. The Balaban J connectivity index is 1.90. The molecule has 3 heteroatoms. The molecule has 0 amide bonds. The second kappa shape index (κ2) is 8.97. The molecule has 1 saturated heterocycles. The lowest BCUT2D eigenvalue weighted by atomic mass is 9.60. The average Bonchev–Trinajstić information content (AvgIpc) is 2.75. The van der Waals surface area contributed by atoms with Gasteiger partial charge in [-0.3, -0.25) is 0 Å². The third-order valence-electron chi connectivity index (χ3n) is 7.87. The zero-order chi connectivity index (χ0) is 17.9. The summed E-state index contributed by atoms with van der Waals surface area (Å²) < 4.78 is 0. The molecule has 0 spiro atoms. The maximum absolute atomic E-state index is 11.8. The first kappa shape index (κ1) is 20.0. The van der Waals surface area contributed by atoms with Gasteiger partial charge in [-0.25, -0.2) is 0 Å². The molecular formula is C22H41NOS. The van der Waals surface area contributed by atoms with Gasteiger partial charge in [-0.05, 0) is 49.9 Å². The number of nitrogens with two attached hydrogens (primary N) is 1. The van der Waals surface area contributed by atoms with Gasteiger partial charge in [-0.15, -0.1) is 0 Å². The fourth-order valence-corrected chi connectivity index (χ4v) is 8.10. The molecule has 3 rings (SSSR count). The number of aliphatic hydroxyl groups excluding tert-OH is 1. The number of aliphatic hydroxyl groups is 1. The van der Waals surface area contributed by atoms with Crippen LogP contribution in [0, 0.1) is 23.2 Å². The number of thioether (sulfide) groups is 1. The lowest BCUT2D eigenvalue weighted by Gasteiger charge is -2.47. The lowest BCUT2D eigenvalue weighted by Crippen LogP contribution is -2.49. The van der Waals surface area contributed by atoms with Crippen LogP contribution in [0.1, 0.15) is 90.9 Å². The first-order valence-corrected chi connectivity index (χ1v) is 12.2. The van der Waals surface area contributed by atoms with E-state index in [1.807, 2.05) is 0 Å². The van der Waals surface area contributed by atoms with Crippen LogP contribution in [0.5, 0.6) is 0 Å². The molecule has 1 heterocycles. The fraction of sp³-hybridized carbons (Fsp3) is 1.00. The average molecular weight is 368 g/mol. The maximum atomic E-state index is 11.8. The zero-order valence-electron chi connectivity index (χ0n) is 16.6. The minimum atomic E-state index is -0.111. The minimum absolute atomic E-state index is 0.111. The molecule has 5 unspecified atom stereocenters. The quantitative estimate of drug-likeness (QED) is 0.686. The van der Waals surface area contributed by atoms with Crippen molar-refractivity contribution < 1.29 is 5.11 Å². The van der Waals surface area contributed by atoms with Gasteiger partial charge in [0.1, 0.15) is 0 Å². The highest BCUT2D eigenvalue weighted by molar-refractivity contribution is 7.99. The Labute approximate surface area is 160 Å². The van der Waals surface area contributed by atoms with Crippen LogP contribution in [0.3, 0.4) is 0 Å². The highest BCUT2D eigenvalue weighted by Gasteiger charge is 2.51. The van der Waals surface area contributed by atoms with Crippen LogP contribution in [0.15, 0.2) is 0 Å². The van der Waals surface area contributed by atoms with E-state index in [1.54, 1.807) is 0 Å². The molecule has 3 N–H and O–H groups in total. The predicted molar refractivity (Wildman–Crippen MR) is 110 cm³/mol. The highest BCUT2D eigenvalue weighted by Crippen LogP contribution is 2.54. The molecule has 0 aromatic rings. The Morgan fingerprint density at radius 3 is 2.52 bits per heavy atom. The van der Waals surface area contributed by atoms with Crippen molar-refractivity contribution in [3.63, 3.8) is 0 Å². The highest BCUT2D eigenvalue weighted by atomic mass is 32.2. The summed E-state index contributed by atoms with van der Waals surface area (Å²) in [4.78, 5) is 0. The van der Waals surface area contributed by atoms with E-state index in [-0.39, 0.29) is 11.5 Å². The van der Waals surface area contributed by atoms with E-state index < -0.39 is 0 Å². The largest absolute Gasteiger partial charge is 0.392 e. The van der Waals surface area contributed by atoms with Crippen molar-refractivity contribution in [2.45, 2.75) is 108 Å². The normalized spacial score (nSPS) is 43.4. The molecule has 6 atom stereocenters. The van der Waals surface area contributed by atoms with Gasteiger partial charge in [0.15, 0.2) is 0 Å². The van der Waals surface area contributed by atoms with Crippen molar-refractivity contribution in [2.24, 2.45) is 28.9 Å². The summed E-state index contributed by atoms with van der Waals surface area (Å²) in [6.45, 7) is 4.62. The Hall–Kier alpha value is 0.270. The van der Waals surface area contributed by atoms with Crippen LogP contribution in [0.4, 0.5) is 0 Å². The Bertz CT molecular complexity index is 411. The van der Waals surface area contributed by atoms with Gasteiger partial charge in [-0.1, -0.05) is 58.8 Å². The molecule has 0 aromatic heterocycles. The summed E-state index contributed by atoms with van der Waals surface area (Å²) in [6.07, 6.45) is 15.2. The summed E-state index contributed by atoms with van der Waals surface area (Å²) in [7, 11) is 0. The maximum Gasteiger partial charge on any atom is 0.0638 e. The van der Waals surface area contributed by atoms with Crippen molar-refractivity contribution in [2.75, 3.05) is 5.75 Å². The second-order valence-corrected chi connectivity index (χ2v) is 10.6. The smallest absolute Gasteiger partial charge is 0.0638 e. The van der Waals surface area contributed by atoms with Crippen LogP contribution in [-0.2, 0) is 0 Å². The summed E-state index contributed by atoms with van der Waals surface area (Å²) in [5, 5.41) is 12.6. The third kappa shape index (κ3) is 4.24. The van der Waals surface area contributed by atoms with Crippen molar-refractivity contribution in [3.8, 4) is 0 Å². The SMILES string of the molecule is CCCC[C@]1(CC)CSC2CCC(N)CC2C(C2CCCCC2)C1O. The van der Waals surface area contributed by atoms with E-state index in [0.29, 0.717) is 17.9 Å². The Morgan fingerprint density at radius 2 is 1.84 bits per heavy atom. The fourth-order valence-electron chi connectivity index (χ4n) is 6.19. The van der Waals surface area contributed by atoms with E-state index in [2.05, 4.69) is 25.6 Å². The van der Waals surface area contributed by atoms with Crippen molar-refractivity contribution >= 4 is 11.8 Å². The molecule has 3 aliphatic rings. The summed E-state index contributed by atoms with van der Waals surface area (Å²) >= 11 is 2.21. The van der Waals surface area contributed by atoms with E-state index in [0.717, 1.165) is 24.0 Å². The summed E-state index contributed by atoms with van der Waals surface area (Å²) in [5.41, 5.74) is 6.56. The monoisotopic (exact) mass is 367 g/mol. The van der Waals surface area contributed by atoms with E-state index in [9.17, 15) is 5.11 Å². The molecule has 2 nitrogen and oxygen atoms in total. The molecule has 1 aliphatic heterocycles. The molecule has 2 saturated carbocycles. The van der Waals surface area contributed by atoms with E-state index in [4.69, 9.17) is 5.73 Å². The molecule has 146 valence electrons. The Kier molecular flexibility index (Phi) is 7.18. The lowest BCUT2D eigenvalue weighted by molar-refractivity contribution is -0.0646. The van der Waals surface area contributed by atoms with Crippen molar-refractivity contribution in [3.05, 3.63) is 0 Å². The van der Waals surface area contributed by atoms with Crippen molar-refractivity contribution in [1.29, 1.82) is 0 Å². The van der Waals surface area contributed by atoms with E-state index in [1.165, 1.54) is 70.0 Å². The van der Waals surface area contributed by atoms with Crippen LogP contribution in [-0.4, -0.2) is 28.3 Å². The van der Waals surface area contributed by atoms with Gasteiger partial charge in [0.25, 0.3) is 0 Å². The van der Waals surface area contributed by atoms with Gasteiger partial charge in [0.2, 0.25) is 0 Å². The summed E-state index contributed by atoms with van der Waals surface area (Å²) in [5.74, 6) is 3.07. The molecular weight excluding hydrogens is 326 g/mol.